The number of hydrogen-bond acceptors (Lipinski definition) is 3. The van der Waals surface area contributed by atoms with Crippen LogP contribution in [0.15, 0.2) is 81.8 Å². The average Bonchev–Trinajstić information content (AvgIpc) is 3.02. The lowest BCUT2D eigenvalue weighted by Crippen LogP contribution is -2.20. The molecule has 2 N–H and O–H groups in total. The summed E-state index contributed by atoms with van der Waals surface area (Å²) in [5.74, 6) is -1.36. The van der Waals surface area contributed by atoms with Crippen LogP contribution in [0.2, 0.25) is 0 Å². The lowest BCUT2D eigenvalue weighted by molar-refractivity contribution is -0.143. The lowest BCUT2D eigenvalue weighted by atomic mass is 9.93. The highest BCUT2D eigenvalue weighted by Crippen LogP contribution is 2.37. The fraction of sp³-hybridized carbons (Fsp3) is 0.333. The Bertz CT molecular complexity index is 1200. The van der Waals surface area contributed by atoms with Crippen LogP contribution >= 0.6 is 11.6 Å². The van der Waals surface area contributed by atoms with E-state index in [0.717, 1.165) is 10.6 Å². The van der Waals surface area contributed by atoms with Gasteiger partial charge in [-0.15, -0.1) is 0 Å². The van der Waals surface area contributed by atoms with Gasteiger partial charge < -0.3 is 5.73 Å². The van der Waals surface area contributed by atoms with Crippen molar-refractivity contribution in [2.45, 2.75) is 52.9 Å². The van der Waals surface area contributed by atoms with Crippen LogP contribution in [0.25, 0.3) is 0 Å². The van der Waals surface area contributed by atoms with Gasteiger partial charge in [-0.2, -0.15) is 31.4 Å². The highest BCUT2D eigenvalue weighted by Gasteiger charge is 2.37. The molecule has 0 fully saturated rings. The quantitative estimate of drug-likeness (QED) is 0.208. The van der Waals surface area contributed by atoms with Crippen LogP contribution in [0.1, 0.15) is 57.2 Å². The summed E-state index contributed by atoms with van der Waals surface area (Å²) >= 11 is 6.25. The molecule has 1 heterocycles. The number of carbonyl (C=O) groups excluding carboxylic acids is 1. The number of benzene rings is 1. The molecule has 1 aromatic carbocycles. The molecular formula is C27H28ClF6N3O. The van der Waals surface area contributed by atoms with Gasteiger partial charge in [0.05, 0.1) is 22.4 Å². The number of nitrogens with two attached hydrogens (primary N) is 1. The molecule has 1 atom stereocenters. The van der Waals surface area contributed by atoms with Gasteiger partial charge in [-0.3, -0.25) is 4.79 Å². The fourth-order valence-corrected chi connectivity index (χ4v) is 3.68. The van der Waals surface area contributed by atoms with Gasteiger partial charge in [-0.1, -0.05) is 49.2 Å². The Morgan fingerprint density at radius 1 is 1.13 bits per heavy atom. The molecule has 1 aliphatic rings. The molecule has 0 saturated heterocycles. The molecule has 2 rings (SSSR count). The van der Waals surface area contributed by atoms with E-state index in [-0.39, 0.29) is 29.3 Å². The number of rotatable bonds is 7. The summed E-state index contributed by atoms with van der Waals surface area (Å²) in [6.45, 7) is 7.08. The van der Waals surface area contributed by atoms with E-state index in [2.05, 4.69) is 5.10 Å². The minimum atomic E-state index is -5.00. The Morgan fingerprint density at radius 3 is 2.18 bits per heavy atom. The van der Waals surface area contributed by atoms with Gasteiger partial charge in [0.15, 0.2) is 0 Å². The Kier molecular flexibility index (Phi) is 10.2. The average molecular weight is 560 g/mol. The first-order chi connectivity index (χ1) is 17.6. The predicted molar refractivity (Wildman–Crippen MR) is 137 cm³/mol. The van der Waals surface area contributed by atoms with Crippen molar-refractivity contribution in [3.05, 3.63) is 93.3 Å². The van der Waals surface area contributed by atoms with E-state index in [4.69, 9.17) is 17.3 Å². The third kappa shape index (κ3) is 8.11. The van der Waals surface area contributed by atoms with Crippen LogP contribution < -0.4 is 5.73 Å². The Balaban J connectivity index is 2.66. The van der Waals surface area contributed by atoms with Crippen molar-refractivity contribution in [1.82, 2.24) is 5.01 Å². The number of hydrazone groups is 1. The summed E-state index contributed by atoms with van der Waals surface area (Å²) in [5, 5.41) is 5.93. The normalized spacial score (nSPS) is 18.4. The van der Waals surface area contributed by atoms with E-state index in [1.807, 2.05) is 13.8 Å². The van der Waals surface area contributed by atoms with E-state index in [1.165, 1.54) is 12.4 Å². The third-order valence-corrected chi connectivity index (χ3v) is 6.27. The monoisotopic (exact) mass is 559 g/mol. The van der Waals surface area contributed by atoms with Crippen LogP contribution in [0.5, 0.6) is 0 Å². The Labute approximate surface area is 222 Å². The minimum Gasteiger partial charge on any atom is -0.366 e. The highest BCUT2D eigenvalue weighted by atomic mass is 35.5. The van der Waals surface area contributed by atoms with E-state index >= 15 is 0 Å². The highest BCUT2D eigenvalue weighted by molar-refractivity contribution is 6.31. The second-order valence-electron chi connectivity index (χ2n) is 8.65. The molecule has 38 heavy (non-hydrogen) atoms. The number of carbonyl (C=O) groups is 1. The third-order valence-electron chi connectivity index (χ3n) is 5.82. The zero-order valence-corrected chi connectivity index (χ0v) is 22.0. The molecule has 0 radical (unpaired) electrons. The van der Waals surface area contributed by atoms with Crippen molar-refractivity contribution in [3.8, 4) is 0 Å². The zero-order valence-electron chi connectivity index (χ0n) is 21.2. The molecule has 1 aromatic rings. The second kappa shape index (κ2) is 12.5. The smallest absolute Gasteiger partial charge is 0.366 e. The van der Waals surface area contributed by atoms with Gasteiger partial charge in [0.1, 0.15) is 0 Å². The summed E-state index contributed by atoms with van der Waals surface area (Å²) in [6.07, 6.45) is 0.139. The van der Waals surface area contributed by atoms with Gasteiger partial charge in [-0.25, -0.2) is 5.01 Å². The molecule has 0 bridgehead atoms. The first-order valence-corrected chi connectivity index (χ1v) is 12.0. The molecule has 1 unspecified atom stereocenters. The van der Waals surface area contributed by atoms with Gasteiger partial charge in [0.2, 0.25) is 0 Å². The summed E-state index contributed by atoms with van der Waals surface area (Å²) in [6, 6.07) is 1.34. The molecule has 11 heteroatoms. The molecule has 0 spiro atoms. The first kappa shape index (κ1) is 31.0. The molecule has 0 saturated carbocycles. The number of nitrogens with zero attached hydrogens (tertiary/aromatic N) is 2. The summed E-state index contributed by atoms with van der Waals surface area (Å²) < 4.78 is 80.6. The van der Waals surface area contributed by atoms with Crippen LogP contribution in [0.4, 0.5) is 26.3 Å². The van der Waals surface area contributed by atoms with Crippen molar-refractivity contribution in [2.75, 3.05) is 0 Å². The molecule has 1 amide bonds. The molecule has 1 aliphatic heterocycles. The zero-order chi connectivity index (χ0) is 28.8. The Morgan fingerprint density at radius 2 is 1.71 bits per heavy atom. The molecule has 4 nitrogen and oxygen atoms in total. The predicted octanol–water partition coefficient (Wildman–Crippen LogP) is 8.08. The molecule has 206 valence electrons. The van der Waals surface area contributed by atoms with E-state index in [1.54, 1.807) is 38.2 Å². The lowest BCUT2D eigenvalue weighted by Gasteiger charge is -2.19. The topological polar surface area (TPSA) is 58.7 Å². The number of primary amides is 1. The first-order valence-electron chi connectivity index (χ1n) is 11.6. The largest absolute Gasteiger partial charge is 0.416 e. The van der Waals surface area contributed by atoms with Crippen LogP contribution in [-0.2, 0) is 17.1 Å². The van der Waals surface area contributed by atoms with Crippen LogP contribution in [0.3, 0.4) is 0 Å². The Hall–Kier alpha value is -3.27. The van der Waals surface area contributed by atoms with Gasteiger partial charge in [0, 0.05) is 23.4 Å². The van der Waals surface area contributed by atoms with Crippen molar-refractivity contribution in [3.63, 3.8) is 0 Å². The number of allylic oxidation sites excluding steroid dienone is 6. The molecule has 0 aliphatic carbocycles. The maximum Gasteiger partial charge on any atom is 0.416 e. The summed E-state index contributed by atoms with van der Waals surface area (Å²) in [5.41, 5.74) is 3.67. The van der Waals surface area contributed by atoms with Crippen LogP contribution in [-0.4, -0.2) is 16.6 Å². The number of alkyl halides is 6. The number of amides is 1. The van der Waals surface area contributed by atoms with Gasteiger partial charge in [-0.05, 0) is 62.1 Å². The van der Waals surface area contributed by atoms with Gasteiger partial charge >= 0.3 is 12.4 Å². The maximum atomic E-state index is 13.4. The van der Waals surface area contributed by atoms with Gasteiger partial charge in [0.25, 0.3) is 5.91 Å². The van der Waals surface area contributed by atoms with Crippen molar-refractivity contribution < 1.29 is 31.1 Å². The molecule has 0 aromatic heterocycles. The van der Waals surface area contributed by atoms with Crippen molar-refractivity contribution in [1.29, 1.82) is 0 Å². The van der Waals surface area contributed by atoms with Crippen molar-refractivity contribution >= 4 is 23.2 Å². The SMILES string of the molecule is CC=C(C=CC(Cl)=C(C)CC)C(=CN1C=CCC(C)C(c2cc(C(F)(F)F)cc(C(F)(F)F)c2)=N1)C(N)=O. The minimum absolute atomic E-state index is 0.00435. The summed E-state index contributed by atoms with van der Waals surface area (Å²) in [4.78, 5) is 12.3. The fourth-order valence-electron chi connectivity index (χ4n) is 3.49. The van der Waals surface area contributed by atoms with Crippen LogP contribution in [0, 0.1) is 5.92 Å². The standard InChI is InChI=1S/C27H28ClF6N3O/c1-5-16(3)23(28)10-9-18(6-2)22(25(35)38)15-37-11-7-8-17(4)24(36-37)19-12-20(26(29,30)31)14-21(13-19)27(32,33)34/h6-7,9-15,17H,5,8H2,1-4H3,(H2,35,38). The summed E-state index contributed by atoms with van der Waals surface area (Å²) in [7, 11) is 0. The van der Waals surface area contributed by atoms with E-state index in [9.17, 15) is 31.1 Å². The second-order valence-corrected chi connectivity index (χ2v) is 9.05. The maximum absolute atomic E-state index is 13.4. The van der Waals surface area contributed by atoms with E-state index in [0.29, 0.717) is 29.2 Å². The van der Waals surface area contributed by atoms with E-state index < -0.39 is 35.3 Å². The molecular weight excluding hydrogens is 532 g/mol. The number of hydrogen-bond donors (Lipinski definition) is 1. The van der Waals surface area contributed by atoms with Crippen molar-refractivity contribution in [2.24, 2.45) is 16.8 Å². The number of halogens is 7.